The van der Waals surface area contributed by atoms with E-state index in [2.05, 4.69) is 21.2 Å². The molecule has 0 radical (unpaired) electrons. The summed E-state index contributed by atoms with van der Waals surface area (Å²) in [7, 11) is 3.24. The highest BCUT2D eigenvalue weighted by Gasteiger charge is 2.14. The van der Waals surface area contributed by atoms with Gasteiger partial charge in [-0.3, -0.25) is 4.79 Å². The summed E-state index contributed by atoms with van der Waals surface area (Å²) in [6.07, 6.45) is 1.12. The number of carbonyl (C=O) groups excluding carboxylic acids is 1. The maximum Gasteiger partial charge on any atom is 0.260 e. The lowest BCUT2D eigenvalue weighted by Gasteiger charge is -2.15. The Hall–Kier alpha value is -2.21. The van der Waals surface area contributed by atoms with Gasteiger partial charge in [-0.25, -0.2) is 0 Å². The molecule has 5 nitrogen and oxygen atoms in total. The number of nitrogens with one attached hydrogen (secondary N) is 1. The first kappa shape index (κ1) is 20.1. The average molecular weight is 422 g/mol. The monoisotopic (exact) mass is 421 g/mol. The molecule has 6 heteroatoms. The Morgan fingerprint density at radius 3 is 2.42 bits per heavy atom. The number of hydrogen-bond acceptors (Lipinski definition) is 4. The van der Waals surface area contributed by atoms with Gasteiger partial charge in [0.05, 0.1) is 14.2 Å². The van der Waals surface area contributed by atoms with Gasteiger partial charge in [0, 0.05) is 11.0 Å². The van der Waals surface area contributed by atoms with Gasteiger partial charge in [-0.15, -0.1) is 0 Å². The van der Waals surface area contributed by atoms with Crippen LogP contribution in [0.15, 0.2) is 46.9 Å². The van der Waals surface area contributed by atoms with Crippen molar-refractivity contribution in [2.24, 2.45) is 0 Å². The number of carbonyl (C=O) groups is 1. The molecule has 0 spiro atoms. The van der Waals surface area contributed by atoms with Crippen LogP contribution < -0.4 is 19.5 Å². The highest BCUT2D eigenvalue weighted by atomic mass is 79.9. The number of aryl methyl sites for hydroxylation is 1. The van der Waals surface area contributed by atoms with Crippen LogP contribution in [0.1, 0.15) is 18.9 Å². The fraction of sp³-hybridized carbons (Fsp3) is 0.350. The summed E-state index contributed by atoms with van der Waals surface area (Å²) in [5, 5.41) is 2.91. The lowest BCUT2D eigenvalue weighted by Crippen LogP contribution is -2.36. The number of benzene rings is 2. The van der Waals surface area contributed by atoms with Crippen LogP contribution in [0.25, 0.3) is 0 Å². The number of amides is 1. The summed E-state index contributed by atoms with van der Waals surface area (Å²) in [5.74, 6) is 1.97. The second kappa shape index (κ2) is 10.1. The first-order chi connectivity index (χ1) is 12.5. The Balaban J connectivity index is 1.75. The maximum absolute atomic E-state index is 12.1. The minimum atomic E-state index is -0.544. The maximum atomic E-state index is 12.1. The van der Waals surface area contributed by atoms with Crippen molar-refractivity contribution in [3.8, 4) is 17.2 Å². The molecule has 0 bridgehead atoms. The molecular weight excluding hydrogens is 398 g/mol. The summed E-state index contributed by atoms with van der Waals surface area (Å²) in [5.41, 5.74) is 1.14. The van der Waals surface area contributed by atoms with Crippen LogP contribution in [0.4, 0.5) is 0 Å². The molecule has 140 valence electrons. The standard InChI is InChI=1S/C20H24BrNO4/c1-14(26-17-9-7-16(21)8-10-17)20(23)22-12-4-5-15-6-11-18(24-2)19(13-15)25-3/h6-11,13-14H,4-5,12H2,1-3H3,(H,22,23). The van der Waals surface area contributed by atoms with Gasteiger partial charge in [0.15, 0.2) is 17.6 Å². The van der Waals surface area contributed by atoms with Crippen molar-refractivity contribution in [1.82, 2.24) is 5.32 Å². The van der Waals surface area contributed by atoms with Crippen LogP contribution in [0.5, 0.6) is 17.2 Å². The fourth-order valence-electron chi connectivity index (χ4n) is 2.45. The van der Waals surface area contributed by atoms with Crippen LogP contribution in [0, 0.1) is 0 Å². The van der Waals surface area contributed by atoms with Gasteiger partial charge in [0.1, 0.15) is 5.75 Å². The zero-order valence-electron chi connectivity index (χ0n) is 15.3. The molecule has 26 heavy (non-hydrogen) atoms. The van der Waals surface area contributed by atoms with E-state index < -0.39 is 6.10 Å². The summed E-state index contributed by atoms with van der Waals surface area (Å²) in [4.78, 5) is 12.1. The number of methoxy groups -OCH3 is 2. The van der Waals surface area contributed by atoms with Crippen LogP contribution >= 0.6 is 15.9 Å². The van der Waals surface area contributed by atoms with Crippen LogP contribution in [0.3, 0.4) is 0 Å². The number of hydrogen-bond donors (Lipinski definition) is 1. The Morgan fingerprint density at radius 1 is 1.08 bits per heavy atom. The van der Waals surface area contributed by atoms with Crippen molar-refractivity contribution in [2.75, 3.05) is 20.8 Å². The molecule has 2 rings (SSSR count). The highest BCUT2D eigenvalue weighted by Crippen LogP contribution is 2.27. The van der Waals surface area contributed by atoms with Crippen molar-refractivity contribution < 1.29 is 19.0 Å². The van der Waals surface area contributed by atoms with E-state index >= 15 is 0 Å². The normalized spacial score (nSPS) is 11.5. The van der Waals surface area contributed by atoms with E-state index in [0.717, 1.165) is 22.9 Å². The Labute approximate surface area is 162 Å². The highest BCUT2D eigenvalue weighted by molar-refractivity contribution is 9.10. The van der Waals surface area contributed by atoms with E-state index in [1.165, 1.54) is 0 Å². The number of ether oxygens (including phenoxy) is 3. The minimum Gasteiger partial charge on any atom is -0.493 e. The van der Waals surface area contributed by atoms with Gasteiger partial charge in [-0.2, -0.15) is 0 Å². The molecule has 0 aliphatic rings. The second-order valence-electron chi connectivity index (χ2n) is 5.80. The average Bonchev–Trinajstić information content (AvgIpc) is 2.66. The molecule has 0 aromatic heterocycles. The third kappa shape index (κ3) is 5.95. The first-order valence-corrected chi connectivity index (χ1v) is 9.23. The molecule has 0 aliphatic carbocycles. The van der Waals surface area contributed by atoms with Crippen molar-refractivity contribution in [1.29, 1.82) is 0 Å². The zero-order valence-corrected chi connectivity index (χ0v) is 16.8. The summed E-state index contributed by atoms with van der Waals surface area (Å²) in [6, 6.07) is 13.3. The van der Waals surface area contributed by atoms with Crippen molar-refractivity contribution >= 4 is 21.8 Å². The molecule has 1 N–H and O–H groups in total. The number of halogens is 1. The van der Waals surface area contributed by atoms with E-state index in [9.17, 15) is 4.79 Å². The molecule has 0 heterocycles. The Bertz CT molecular complexity index is 718. The lowest BCUT2D eigenvalue weighted by atomic mass is 10.1. The fourth-order valence-corrected chi connectivity index (χ4v) is 2.72. The van der Waals surface area contributed by atoms with Gasteiger partial charge < -0.3 is 19.5 Å². The van der Waals surface area contributed by atoms with Crippen LogP contribution in [-0.2, 0) is 11.2 Å². The predicted octanol–water partition coefficient (Wildman–Crippen LogP) is 3.98. The van der Waals surface area contributed by atoms with E-state index in [0.29, 0.717) is 23.8 Å². The summed E-state index contributed by atoms with van der Waals surface area (Å²) >= 11 is 3.37. The molecule has 0 saturated heterocycles. The van der Waals surface area contributed by atoms with E-state index in [-0.39, 0.29) is 5.91 Å². The van der Waals surface area contributed by atoms with E-state index in [4.69, 9.17) is 14.2 Å². The molecule has 0 fully saturated rings. The van der Waals surface area contributed by atoms with Gasteiger partial charge in [-0.05, 0) is 61.7 Å². The summed E-state index contributed by atoms with van der Waals surface area (Å²) < 4.78 is 17.1. The molecule has 1 amide bonds. The molecule has 2 aromatic rings. The molecule has 1 atom stereocenters. The van der Waals surface area contributed by atoms with Gasteiger partial charge >= 0.3 is 0 Å². The molecule has 2 aromatic carbocycles. The van der Waals surface area contributed by atoms with Gasteiger partial charge in [0.25, 0.3) is 5.91 Å². The van der Waals surface area contributed by atoms with Gasteiger partial charge in [-0.1, -0.05) is 22.0 Å². The quantitative estimate of drug-likeness (QED) is 0.622. The molecule has 1 unspecified atom stereocenters. The Morgan fingerprint density at radius 2 is 1.77 bits per heavy atom. The topological polar surface area (TPSA) is 56.8 Å². The number of rotatable bonds is 9. The lowest BCUT2D eigenvalue weighted by molar-refractivity contribution is -0.127. The van der Waals surface area contributed by atoms with Gasteiger partial charge in [0.2, 0.25) is 0 Å². The summed E-state index contributed by atoms with van der Waals surface area (Å²) in [6.45, 7) is 2.33. The minimum absolute atomic E-state index is 0.125. The molecule has 0 saturated carbocycles. The first-order valence-electron chi connectivity index (χ1n) is 8.44. The Kier molecular flexibility index (Phi) is 7.78. The SMILES string of the molecule is COc1ccc(CCCNC(=O)C(C)Oc2ccc(Br)cc2)cc1OC. The second-order valence-corrected chi connectivity index (χ2v) is 6.71. The van der Waals surface area contributed by atoms with E-state index in [1.807, 2.05) is 42.5 Å². The van der Waals surface area contributed by atoms with Crippen LogP contribution in [0.2, 0.25) is 0 Å². The van der Waals surface area contributed by atoms with E-state index in [1.54, 1.807) is 21.1 Å². The third-order valence-electron chi connectivity index (χ3n) is 3.89. The smallest absolute Gasteiger partial charge is 0.260 e. The predicted molar refractivity (Wildman–Crippen MR) is 105 cm³/mol. The third-order valence-corrected chi connectivity index (χ3v) is 4.41. The van der Waals surface area contributed by atoms with Crippen molar-refractivity contribution in [3.05, 3.63) is 52.5 Å². The zero-order chi connectivity index (χ0) is 18.9. The molecular formula is C20H24BrNO4. The largest absolute Gasteiger partial charge is 0.493 e. The molecule has 0 aliphatic heterocycles. The van der Waals surface area contributed by atoms with Crippen LogP contribution in [-0.4, -0.2) is 32.8 Å². The van der Waals surface area contributed by atoms with Crippen molar-refractivity contribution in [2.45, 2.75) is 25.9 Å². The van der Waals surface area contributed by atoms with Crippen molar-refractivity contribution in [3.63, 3.8) is 0 Å².